The van der Waals surface area contributed by atoms with Crippen LogP contribution in [0.15, 0.2) is 12.4 Å². The van der Waals surface area contributed by atoms with Gasteiger partial charge in [0.2, 0.25) is 0 Å². The molecule has 1 atom stereocenters. The first kappa shape index (κ1) is 12.4. The highest BCUT2D eigenvalue weighted by Crippen LogP contribution is 2.12. The largest absolute Gasteiger partial charge is 0.388 e. The van der Waals surface area contributed by atoms with Crippen molar-refractivity contribution in [3.63, 3.8) is 0 Å². The minimum atomic E-state index is -0.746. The van der Waals surface area contributed by atoms with Crippen LogP contribution in [0.4, 0.5) is 5.82 Å². The maximum Gasteiger partial charge on any atom is 0.158 e. The van der Waals surface area contributed by atoms with Crippen LogP contribution in [0.25, 0.3) is 0 Å². The van der Waals surface area contributed by atoms with Crippen molar-refractivity contribution < 1.29 is 5.11 Å². The zero-order valence-electron chi connectivity index (χ0n) is 9.56. The molecule has 0 aliphatic rings. The summed E-state index contributed by atoms with van der Waals surface area (Å²) in [5.41, 5.74) is -0.462. The van der Waals surface area contributed by atoms with Crippen molar-refractivity contribution in [3.8, 4) is 6.07 Å². The number of nitrogens with zero attached hydrogens (tertiary/aromatic N) is 3. The average Bonchev–Trinajstić information content (AvgIpc) is 2.27. The van der Waals surface area contributed by atoms with Crippen LogP contribution in [0.3, 0.4) is 0 Å². The van der Waals surface area contributed by atoms with Crippen molar-refractivity contribution in [1.29, 1.82) is 5.26 Å². The number of nitriles is 1. The molecular formula is C11H16N4O. The van der Waals surface area contributed by atoms with Gasteiger partial charge in [-0.05, 0) is 13.3 Å². The average molecular weight is 220 g/mol. The normalized spacial score (nSPS) is 13.9. The van der Waals surface area contributed by atoms with Gasteiger partial charge in [-0.3, -0.25) is 0 Å². The van der Waals surface area contributed by atoms with E-state index in [0.29, 0.717) is 12.4 Å². The zero-order chi connectivity index (χ0) is 12.0. The Morgan fingerprint density at radius 2 is 2.25 bits per heavy atom. The molecule has 1 rings (SSSR count). The molecule has 0 saturated carbocycles. The number of aliphatic hydroxyl groups is 1. The van der Waals surface area contributed by atoms with E-state index in [-0.39, 0.29) is 5.69 Å². The summed E-state index contributed by atoms with van der Waals surface area (Å²) in [6.45, 7) is 4.22. The van der Waals surface area contributed by atoms with Gasteiger partial charge in [-0.25, -0.2) is 9.97 Å². The quantitative estimate of drug-likeness (QED) is 0.781. The lowest BCUT2D eigenvalue weighted by Gasteiger charge is -2.22. The van der Waals surface area contributed by atoms with Gasteiger partial charge in [0.25, 0.3) is 0 Å². The summed E-state index contributed by atoms with van der Waals surface area (Å²) in [4.78, 5) is 7.88. The van der Waals surface area contributed by atoms with Crippen molar-refractivity contribution in [2.24, 2.45) is 0 Å². The van der Waals surface area contributed by atoms with Gasteiger partial charge in [0.1, 0.15) is 11.9 Å². The highest BCUT2D eigenvalue weighted by Gasteiger charge is 2.18. The van der Waals surface area contributed by atoms with Crippen LogP contribution in [-0.4, -0.2) is 27.2 Å². The van der Waals surface area contributed by atoms with Crippen molar-refractivity contribution in [1.82, 2.24) is 9.97 Å². The van der Waals surface area contributed by atoms with Gasteiger partial charge < -0.3 is 10.4 Å². The summed E-state index contributed by atoms with van der Waals surface area (Å²) in [6, 6.07) is 1.90. The Kier molecular flexibility index (Phi) is 4.20. The van der Waals surface area contributed by atoms with Crippen LogP contribution in [-0.2, 0) is 0 Å². The van der Waals surface area contributed by atoms with E-state index in [4.69, 9.17) is 5.26 Å². The first-order chi connectivity index (χ1) is 7.57. The number of anilines is 1. The molecule has 0 amide bonds. The molecule has 0 aromatic carbocycles. The van der Waals surface area contributed by atoms with E-state index in [9.17, 15) is 5.11 Å². The van der Waals surface area contributed by atoms with E-state index in [0.717, 1.165) is 12.8 Å². The number of aromatic nitrogens is 2. The summed E-state index contributed by atoms with van der Waals surface area (Å²) in [6.07, 6.45) is 4.54. The van der Waals surface area contributed by atoms with E-state index in [2.05, 4.69) is 15.3 Å². The topological polar surface area (TPSA) is 81.8 Å². The summed E-state index contributed by atoms with van der Waals surface area (Å²) in [7, 11) is 0. The summed E-state index contributed by atoms with van der Waals surface area (Å²) >= 11 is 0. The Hall–Kier alpha value is -1.67. The molecule has 0 aliphatic heterocycles. The van der Waals surface area contributed by atoms with E-state index in [1.54, 1.807) is 6.92 Å². The molecule has 0 saturated heterocycles. The number of rotatable bonds is 5. The van der Waals surface area contributed by atoms with Crippen LogP contribution in [0.1, 0.15) is 32.4 Å². The monoisotopic (exact) mass is 220 g/mol. The van der Waals surface area contributed by atoms with Gasteiger partial charge in [-0.1, -0.05) is 13.3 Å². The number of hydrogen-bond donors (Lipinski definition) is 2. The second-order valence-corrected chi connectivity index (χ2v) is 4.00. The zero-order valence-corrected chi connectivity index (χ0v) is 9.56. The van der Waals surface area contributed by atoms with E-state index >= 15 is 0 Å². The fourth-order valence-electron chi connectivity index (χ4n) is 1.39. The smallest absolute Gasteiger partial charge is 0.158 e. The fourth-order valence-corrected chi connectivity index (χ4v) is 1.39. The molecular weight excluding hydrogens is 204 g/mol. The van der Waals surface area contributed by atoms with Crippen molar-refractivity contribution in [3.05, 3.63) is 18.1 Å². The highest BCUT2D eigenvalue weighted by atomic mass is 16.3. The van der Waals surface area contributed by atoms with E-state index < -0.39 is 5.60 Å². The van der Waals surface area contributed by atoms with Crippen LogP contribution in [0, 0.1) is 11.3 Å². The molecule has 0 bridgehead atoms. The fraction of sp³-hybridized carbons (Fsp3) is 0.545. The molecule has 5 heteroatoms. The molecule has 16 heavy (non-hydrogen) atoms. The van der Waals surface area contributed by atoms with Gasteiger partial charge in [0.05, 0.1) is 18.0 Å². The second kappa shape index (κ2) is 5.42. The second-order valence-electron chi connectivity index (χ2n) is 4.00. The third-order valence-electron chi connectivity index (χ3n) is 2.21. The predicted molar refractivity (Wildman–Crippen MR) is 60.8 cm³/mol. The van der Waals surface area contributed by atoms with Crippen LogP contribution >= 0.6 is 0 Å². The van der Waals surface area contributed by atoms with Crippen LogP contribution < -0.4 is 5.32 Å². The lowest BCUT2D eigenvalue weighted by molar-refractivity contribution is 0.0636. The molecule has 5 nitrogen and oxygen atoms in total. The standard InChI is InChI=1S/C11H16N4O/c1-3-4-11(2,16)8-15-10-7-13-9(5-12)6-14-10/h6-7,16H,3-4,8H2,1-2H3,(H,14,15). The first-order valence-corrected chi connectivity index (χ1v) is 5.26. The van der Waals surface area contributed by atoms with Crippen LogP contribution in [0.5, 0.6) is 0 Å². The third-order valence-corrected chi connectivity index (χ3v) is 2.21. The molecule has 1 aromatic heterocycles. The van der Waals surface area contributed by atoms with Gasteiger partial charge in [-0.15, -0.1) is 0 Å². The lowest BCUT2D eigenvalue weighted by atomic mass is 10.0. The molecule has 1 aromatic rings. The van der Waals surface area contributed by atoms with Crippen molar-refractivity contribution in [2.75, 3.05) is 11.9 Å². The molecule has 2 N–H and O–H groups in total. The molecule has 1 unspecified atom stereocenters. The molecule has 0 aliphatic carbocycles. The minimum Gasteiger partial charge on any atom is -0.388 e. The van der Waals surface area contributed by atoms with Crippen molar-refractivity contribution in [2.45, 2.75) is 32.3 Å². The molecule has 0 fully saturated rings. The molecule has 0 radical (unpaired) electrons. The molecule has 0 spiro atoms. The number of nitrogens with one attached hydrogen (secondary N) is 1. The molecule has 86 valence electrons. The molecule has 1 heterocycles. The summed E-state index contributed by atoms with van der Waals surface area (Å²) in [5.74, 6) is 0.565. The van der Waals surface area contributed by atoms with Crippen LogP contribution in [0.2, 0.25) is 0 Å². The number of hydrogen-bond acceptors (Lipinski definition) is 5. The Morgan fingerprint density at radius 3 is 2.75 bits per heavy atom. The van der Waals surface area contributed by atoms with Gasteiger partial charge >= 0.3 is 0 Å². The van der Waals surface area contributed by atoms with Crippen molar-refractivity contribution >= 4 is 5.82 Å². The highest BCUT2D eigenvalue weighted by molar-refractivity contribution is 5.33. The first-order valence-electron chi connectivity index (χ1n) is 5.26. The maximum absolute atomic E-state index is 9.91. The predicted octanol–water partition coefficient (Wildman–Crippen LogP) is 1.31. The third kappa shape index (κ3) is 3.83. The minimum absolute atomic E-state index is 0.283. The Bertz CT molecular complexity index is 367. The van der Waals surface area contributed by atoms with E-state index in [1.807, 2.05) is 13.0 Å². The SMILES string of the molecule is CCCC(C)(O)CNc1cnc(C#N)cn1. The van der Waals surface area contributed by atoms with Gasteiger partial charge in [0, 0.05) is 6.54 Å². The summed E-state index contributed by atoms with van der Waals surface area (Å²) in [5, 5.41) is 21.4. The Balaban J connectivity index is 2.52. The Morgan fingerprint density at radius 1 is 1.50 bits per heavy atom. The van der Waals surface area contributed by atoms with Gasteiger partial charge in [0.15, 0.2) is 5.69 Å². The van der Waals surface area contributed by atoms with E-state index in [1.165, 1.54) is 12.4 Å². The lowest BCUT2D eigenvalue weighted by Crippen LogP contribution is -2.33. The Labute approximate surface area is 95.2 Å². The van der Waals surface area contributed by atoms with Gasteiger partial charge in [-0.2, -0.15) is 5.26 Å². The summed E-state index contributed by atoms with van der Waals surface area (Å²) < 4.78 is 0. The maximum atomic E-state index is 9.91.